The van der Waals surface area contributed by atoms with E-state index >= 15 is 0 Å². The molecule has 0 spiro atoms. The Kier molecular flexibility index (Phi) is 4.36. The van der Waals surface area contributed by atoms with Crippen molar-refractivity contribution in [3.8, 4) is 0 Å². The van der Waals surface area contributed by atoms with Gasteiger partial charge in [0.25, 0.3) is 0 Å². The first kappa shape index (κ1) is 16.3. The third kappa shape index (κ3) is 3.09. The van der Waals surface area contributed by atoms with E-state index in [1.54, 1.807) is 10.4 Å². The van der Waals surface area contributed by atoms with Crippen LogP contribution in [-0.2, 0) is 22.9 Å². The molecule has 0 bridgehead atoms. The van der Waals surface area contributed by atoms with Crippen LogP contribution in [0.1, 0.15) is 45.2 Å². The molecular weight excluding hydrogens is 284 g/mol. The van der Waals surface area contributed by atoms with E-state index in [0.29, 0.717) is 30.1 Å². The zero-order valence-corrected chi connectivity index (χ0v) is 14.3. The summed E-state index contributed by atoms with van der Waals surface area (Å²) in [6, 6.07) is 3.70. The van der Waals surface area contributed by atoms with Gasteiger partial charge in [-0.3, -0.25) is 0 Å². The summed E-state index contributed by atoms with van der Waals surface area (Å²) in [7, 11) is -3.45. The minimum Gasteiger partial charge on any atom is -0.398 e. The van der Waals surface area contributed by atoms with Gasteiger partial charge in [-0.1, -0.05) is 27.7 Å². The van der Waals surface area contributed by atoms with E-state index in [1.807, 2.05) is 19.9 Å². The Hall–Kier alpha value is -1.07. The molecule has 0 saturated carbocycles. The SMILES string of the molecule is CCc1cc(N)c(CC)c(S(=O)(=O)N2CCC(C)(C)C2)c1. The lowest BCUT2D eigenvalue weighted by Crippen LogP contribution is -2.31. The molecular formula is C16H26N2O2S. The lowest BCUT2D eigenvalue weighted by molar-refractivity contribution is 0.375. The van der Waals surface area contributed by atoms with E-state index in [0.717, 1.165) is 24.0 Å². The van der Waals surface area contributed by atoms with Gasteiger partial charge in [-0.25, -0.2) is 8.42 Å². The van der Waals surface area contributed by atoms with Gasteiger partial charge in [0.05, 0.1) is 4.90 Å². The molecule has 0 aliphatic carbocycles. The number of nitrogen functional groups attached to an aromatic ring is 1. The molecule has 1 heterocycles. The van der Waals surface area contributed by atoms with Crippen LogP contribution >= 0.6 is 0 Å². The summed E-state index contributed by atoms with van der Waals surface area (Å²) in [5.74, 6) is 0. The normalized spacial score (nSPS) is 19.0. The van der Waals surface area contributed by atoms with Gasteiger partial charge >= 0.3 is 0 Å². The van der Waals surface area contributed by atoms with Crippen LogP contribution in [-0.4, -0.2) is 25.8 Å². The van der Waals surface area contributed by atoms with Crippen molar-refractivity contribution in [3.63, 3.8) is 0 Å². The summed E-state index contributed by atoms with van der Waals surface area (Å²) in [4.78, 5) is 0.402. The highest BCUT2D eigenvalue weighted by atomic mass is 32.2. The molecule has 1 aromatic carbocycles. The van der Waals surface area contributed by atoms with Gasteiger partial charge < -0.3 is 5.73 Å². The molecule has 4 nitrogen and oxygen atoms in total. The van der Waals surface area contributed by atoms with Crippen LogP contribution < -0.4 is 5.73 Å². The van der Waals surface area contributed by atoms with Gasteiger partial charge in [-0.15, -0.1) is 0 Å². The van der Waals surface area contributed by atoms with E-state index in [9.17, 15) is 8.42 Å². The van der Waals surface area contributed by atoms with Crippen LogP contribution in [0.4, 0.5) is 5.69 Å². The van der Waals surface area contributed by atoms with E-state index in [4.69, 9.17) is 5.73 Å². The van der Waals surface area contributed by atoms with Crippen molar-refractivity contribution in [1.29, 1.82) is 0 Å². The lowest BCUT2D eigenvalue weighted by atomic mass is 9.93. The Bertz CT molecular complexity index is 636. The minimum atomic E-state index is -3.45. The van der Waals surface area contributed by atoms with Crippen LogP contribution in [0.25, 0.3) is 0 Å². The summed E-state index contributed by atoms with van der Waals surface area (Å²) in [6.07, 6.45) is 2.31. The topological polar surface area (TPSA) is 63.4 Å². The van der Waals surface area contributed by atoms with Gasteiger partial charge in [0.1, 0.15) is 0 Å². The Morgan fingerprint density at radius 3 is 2.38 bits per heavy atom. The summed E-state index contributed by atoms with van der Waals surface area (Å²) >= 11 is 0. The van der Waals surface area contributed by atoms with E-state index < -0.39 is 10.0 Å². The van der Waals surface area contributed by atoms with E-state index in [-0.39, 0.29) is 5.41 Å². The molecule has 2 N–H and O–H groups in total. The van der Waals surface area contributed by atoms with Gasteiger partial charge in [0.2, 0.25) is 10.0 Å². The monoisotopic (exact) mass is 310 g/mol. The predicted octanol–water partition coefficient (Wildman–Crippen LogP) is 2.81. The van der Waals surface area contributed by atoms with E-state index in [1.165, 1.54) is 0 Å². The maximum Gasteiger partial charge on any atom is 0.243 e. The maximum atomic E-state index is 13.0. The second-order valence-electron chi connectivity index (χ2n) is 6.62. The Balaban J connectivity index is 2.52. The van der Waals surface area contributed by atoms with Gasteiger partial charge in [0, 0.05) is 18.8 Å². The second kappa shape index (κ2) is 5.61. The van der Waals surface area contributed by atoms with Crippen molar-refractivity contribution in [2.24, 2.45) is 5.41 Å². The number of hydrogen-bond donors (Lipinski definition) is 1. The average molecular weight is 310 g/mol. The van der Waals surface area contributed by atoms with Crippen LogP contribution in [0.15, 0.2) is 17.0 Å². The molecule has 0 atom stereocenters. The largest absolute Gasteiger partial charge is 0.398 e. The first-order chi connectivity index (χ1) is 9.71. The molecule has 118 valence electrons. The van der Waals surface area contributed by atoms with Crippen molar-refractivity contribution in [2.75, 3.05) is 18.8 Å². The predicted molar refractivity (Wildman–Crippen MR) is 86.8 cm³/mol. The number of benzene rings is 1. The molecule has 0 radical (unpaired) electrons. The molecule has 21 heavy (non-hydrogen) atoms. The maximum absolute atomic E-state index is 13.0. The van der Waals surface area contributed by atoms with Crippen LogP contribution in [0, 0.1) is 5.41 Å². The molecule has 0 unspecified atom stereocenters. The number of nitrogens with two attached hydrogens (primary N) is 1. The summed E-state index contributed by atoms with van der Waals surface area (Å²) in [5.41, 5.74) is 8.44. The fourth-order valence-electron chi connectivity index (χ4n) is 2.95. The molecule has 1 aliphatic heterocycles. The average Bonchev–Trinajstić information content (AvgIpc) is 2.78. The molecule has 0 aromatic heterocycles. The van der Waals surface area contributed by atoms with Crippen LogP contribution in [0.5, 0.6) is 0 Å². The smallest absolute Gasteiger partial charge is 0.243 e. The zero-order chi connectivity index (χ0) is 15.8. The quantitative estimate of drug-likeness (QED) is 0.870. The molecule has 5 heteroatoms. The van der Waals surface area contributed by atoms with Crippen molar-refractivity contribution in [3.05, 3.63) is 23.3 Å². The van der Waals surface area contributed by atoms with Gasteiger partial charge in [0.15, 0.2) is 0 Å². The third-order valence-electron chi connectivity index (χ3n) is 4.33. The number of aryl methyl sites for hydroxylation is 1. The van der Waals surface area contributed by atoms with E-state index in [2.05, 4.69) is 13.8 Å². The fraction of sp³-hybridized carbons (Fsp3) is 0.625. The molecule has 1 saturated heterocycles. The summed E-state index contributed by atoms with van der Waals surface area (Å²) in [6.45, 7) is 9.35. The van der Waals surface area contributed by atoms with Crippen molar-refractivity contribution >= 4 is 15.7 Å². The highest BCUT2D eigenvalue weighted by Crippen LogP contribution is 2.35. The number of hydrogen-bond acceptors (Lipinski definition) is 3. The highest BCUT2D eigenvalue weighted by Gasteiger charge is 2.37. The molecule has 2 rings (SSSR count). The first-order valence-electron chi connectivity index (χ1n) is 7.62. The lowest BCUT2D eigenvalue weighted by Gasteiger charge is -2.22. The Morgan fingerprint density at radius 1 is 1.24 bits per heavy atom. The van der Waals surface area contributed by atoms with Crippen LogP contribution in [0.2, 0.25) is 0 Å². The molecule has 1 aromatic rings. The molecule has 0 amide bonds. The summed E-state index contributed by atoms with van der Waals surface area (Å²) < 4.78 is 27.6. The van der Waals surface area contributed by atoms with Gasteiger partial charge in [-0.05, 0) is 47.9 Å². The van der Waals surface area contributed by atoms with Gasteiger partial charge in [-0.2, -0.15) is 4.31 Å². The minimum absolute atomic E-state index is 0.0490. The zero-order valence-electron chi connectivity index (χ0n) is 13.4. The van der Waals surface area contributed by atoms with Crippen molar-refractivity contribution in [1.82, 2.24) is 4.31 Å². The van der Waals surface area contributed by atoms with Crippen molar-refractivity contribution in [2.45, 2.75) is 51.9 Å². The van der Waals surface area contributed by atoms with Crippen molar-refractivity contribution < 1.29 is 8.42 Å². The number of nitrogens with zero attached hydrogens (tertiary/aromatic N) is 1. The molecule has 1 aliphatic rings. The first-order valence-corrected chi connectivity index (χ1v) is 9.06. The highest BCUT2D eigenvalue weighted by molar-refractivity contribution is 7.89. The fourth-order valence-corrected chi connectivity index (χ4v) is 4.95. The Labute approximate surface area is 128 Å². The summed E-state index contributed by atoms with van der Waals surface area (Å²) in [5, 5.41) is 0. The number of anilines is 1. The third-order valence-corrected chi connectivity index (χ3v) is 6.24. The standard InChI is InChI=1S/C16H26N2O2S/c1-5-12-9-14(17)13(6-2)15(10-12)21(19,20)18-8-7-16(3,4)11-18/h9-10H,5-8,11,17H2,1-4H3. The second-order valence-corrected chi connectivity index (χ2v) is 8.53. The number of sulfonamides is 1. The van der Waals surface area contributed by atoms with Crippen LogP contribution in [0.3, 0.4) is 0 Å². The number of rotatable bonds is 4. The molecule has 1 fully saturated rings. The Morgan fingerprint density at radius 2 is 1.90 bits per heavy atom.